The second-order valence-corrected chi connectivity index (χ2v) is 10.2. The fourth-order valence-corrected chi connectivity index (χ4v) is 4.31. The summed E-state index contributed by atoms with van der Waals surface area (Å²) in [4.78, 5) is 32.9. The van der Waals surface area contributed by atoms with Gasteiger partial charge < -0.3 is 25.7 Å². The summed E-state index contributed by atoms with van der Waals surface area (Å²) in [6.07, 6.45) is 3.25. The lowest BCUT2D eigenvalue weighted by Gasteiger charge is -2.35. The lowest BCUT2D eigenvalue weighted by Crippen LogP contribution is -2.49. The first-order valence-electron chi connectivity index (χ1n) is 12.4. The number of ether oxygens (including phenoxy) is 1. The molecule has 1 aliphatic heterocycles. The predicted molar refractivity (Wildman–Crippen MR) is 144 cm³/mol. The van der Waals surface area contributed by atoms with Gasteiger partial charge in [-0.25, -0.2) is 19.7 Å². The number of aromatic nitrogens is 4. The summed E-state index contributed by atoms with van der Waals surface area (Å²) in [6, 6.07) is 13.9. The second-order valence-electron chi connectivity index (χ2n) is 10.2. The van der Waals surface area contributed by atoms with Crippen LogP contribution < -0.4 is 11.1 Å². The van der Waals surface area contributed by atoms with Crippen LogP contribution >= 0.6 is 0 Å². The first-order valence-corrected chi connectivity index (χ1v) is 12.4. The number of carbonyl (C=O) groups excluding carboxylic acids is 1. The van der Waals surface area contributed by atoms with Gasteiger partial charge in [0, 0.05) is 45.1 Å². The maximum atomic E-state index is 12.3. The summed E-state index contributed by atoms with van der Waals surface area (Å²) in [5.74, 6) is 1.82. The van der Waals surface area contributed by atoms with Gasteiger partial charge in [-0.3, -0.25) is 4.90 Å². The highest BCUT2D eigenvalue weighted by Crippen LogP contribution is 2.26. The molecule has 10 heteroatoms. The van der Waals surface area contributed by atoms with E-state index in [1.807, 2.05) is 63.2 Å². The van der Waals surface area contributed by atoms with E-state index in [2.05, 4.69) is 30.2 Å². The molecule has 0 unspecified atom stereocenters. The first-order chi connectivity index (χ1) is 17.7. The Hall–Kier alpha value is -4.18. The van der Waals surface area contributed by atoms with Gasteiger partial charge in [0.15, 0.2) is 0 Å². The molecule has 1 aliphatic rings. The van der Waals surface area contributed by atoms with E-state index in [-0.39, 0.29) is 6.09 Å². The zero-order chi connectivity index (χ0) is 26.0. The molecule has 192 valence electrons. The maximum Gasteiger partial charge on any atom is 0.410 e. The molecule has 0 aliphatic carbocycles. The number of hydrogen-bond acceptors (Lipinski definition) is 8. The Morgan fingerprint density at radius 1 is 1.03 bits per heavy atom. The number of benzene rings is 1. The van der Waals surface area contributed by atoms with Gasteiger partial charge in [-0.2, -0.15) is 0 Å². The molecule has 10 nitrogen and oxygen atoms in total. The summed E-state index contributed by atoms with van der Waals surface area (Å²) in [5.41, 5.74) is 10.3. The van der Waals surface area contributed by atoms with Gasteiger partial charge in [0.1, 0.15) is 17.2 Å². The van der Waals surface area contributed by atoms with E-state index in [0.29, 0.717) is 30.7 Å². The normalized spacial score (nSPS) is 14.6. The van der Waals surface area contributed by atoms with Crippen LogP contribution in [0.15, 0.2) is 54.9 Å². The molecule has 0 bridgehead atoms. The number of nitrogens with two attached hydrogens (primary N) is 1. The van der Waals surface area contributed by atoms with E-state index in [0.717, 1.165) is 47.4 Å². The van der Waals surface area contributed by atoms with E-state index >= 15 is 0 Å². The zero-order valence-electron chi connectivity index (χ0n) is 21.4. The van der Waals surface area contributed by atoms with Crippen molar-refractivity contribution in [2.75, 3.05) is 37.2 Å². The standard InChI is InChI=1S/C27H32N8O2/c1-27(2,3)37-26(36)35-12-10-34(11-13-35)17-18-6-8-30-24(14-18)33-25-31-21-5-4-19(15-22(21)32-25)20-7-9-29-23(28)16-20/h4-9,14-16H,10-13,17H2,1-3H3,(H2,28,29)(H2,30,31,32,33). The first kappa shape index (κ1) is 24.5. The zero-order valence-corrected chi connectivity index (χ0v) is 21.4. The van der Waals surface area contributed by atoms with Gasteiger partial charge in [-0.15, -0.1) is 0 Å². The molecular formula is C27H32N8O2. The molecular weight excluding hydrogens is 468 g/mol. The van der Waals surface area contributed by atoms with E-state index in [1.54, 1.807) is 17.3 Å². The third-order valence-electron chi connectivity index (χ3n) is 6.10. The number of anilines is 3. The van der Waals surface area contributed by atoms with Crippen LogP contribution in [0.4, 0.5) is 22.4 Å². The molecule has 1 saturated heterocycles. The van der Waals surface area contributed by atoms with Crippen molar-refractivity contribution in [1.82, 2.24) is 29.7 Å². The Bertz CT molecular complexity index is 1400. The molecule has 0 atom stereocenters. The third kappa shape index (κ3) is 6.15. The minimum atomic E-state index is -0.481. The van der Waals surface area contributed by atoms with Crippen LogP contribution in [0.1, 0.15) is 26.3 Å². The van der Waals surface area contributed by atoms with Crippen molar-refractivity contribution in [2.45, 2.75) is 32.9 Å². The number of aromatic amines is 1. The van der Waals surface area contributed by atoms with Crippen molar-refractivity contribution in [2.24, 2.45) is 0 Å². The minimum Gasteiger partial charge on any atom is -0.444 e. The van der Waals surface area contributed by atoms with Crippen LogP contribution in [-0.2, 0) is 11.3 Å². The highest BCUT2D eigenvalue weighted by Gasteiger charge is 2.25. The average Bonchev–Trinajstić information content (AvgIpc) is 3.25. The third-order valence-corrected chi connectivity index (χ3v) is 6.10. The Morgan fingerprint density at radius 3 is 2.54 bits per heavy atom. The highest BCUT2D eigenvalue weighted by atomic mass is 16.6. The van der Waals surface area contributed by atoms with Gasteiger partial charge >= 0.3 is 6.09 Å². The lowest BCUT2D eigenvalue weighted by atomic mass is 10.1. The molecule has 3 aromatic heterocycles. The van der Waals surface area contributed by atoms with Crippen LogP contribution in [-0.4, -0.2) is 67.6 Å². The number of hydrogen-bond donors (Lipinski definition) is 3. The maximum absolute atomic E-state index is 12.3. The van der Waals surface area contributed by atoms with E-state index in [4.69, 9.17) is 10.5 Å². The van der Waals surface area contributed by atoms with Crippen molar-refractivity contribution in [1.29, 1.82) is 0 Å². The number of nitrogen functional groups attached to an aromatic ring is 1. The smallest absolute Gasteiger partial charge is 0.410 e. The molecule has 5 rings (SSSR count). The molecule has 1 amide bonds. The molecule has 4 aromatic rings. The number of H-pyrrole nitrogens is 1. The van der Waals surface area contributed by atoms with Crippen LogP contribution in [0.5, 0.6) is 0 Å². The monoisotopic (exact) mass is 500 g/mol. The molecule has 0 saturated carbocycles. The number of amides is 1. The second kappa shape index (κ2) is 10.1. The van der Waals surface area contributed by atoms with Gasteiger partial charge in [-0.05, 0) is 73.9 Å². The van der Waals surface area contributed by atoms with Gasteiger partial charge in [0.2, 0.25) is 5.95 Å². The van der Waals surface area contributed by atoms with Crippen LogP contribution in [0.3, 0.4) is 0 Å². The summed E-state index contributed by atoms with van der Waals surface area (Å²) in [6.45, 7) is 9.32. The summed E-state index contributed by atoms with van der Waals surface area (Å²) in [5, 5.41) is 3.29. The molecule has 37 heavy (non-hydrogen) atoms. The van der Waals surface area contributed by atoms with Crippen LogP contribution in [0.25, 0.3) is 22.2 Å². The summed E-state index contributed by atoms with van der Waals surface area (Å²) in [7, 11) is 0. The number of rotatable bonds is 5. The summed E-state index contributed by atoms with van der Waals surface area (Å²) < 4.78 is 5.49. The molecule has 1 fully saturated rings. The number of imidazole rings is 1. The van der Waals surface area contributed by atoms with Crippen LogP contribution in [0.2, 0.25) is 0 Å². The number of fused-ring (bicyclic) bond motifs is 1. The molecule has 1 aromatic carbocycles. The average molecular weight is 501 g/mol. The number of nitrogens with one attached hydrogen (secondary N) is 2. The Balaban J connectivity index is 1.21. The van der Waals surface area contributed by atoms with E-state index in [9.17, 15) is 4.79 Å². The molecule has 0 radical (unpaired) electrons. The molecule has 0 spiro atoms. The van der Waals surface area contributed by atoms with Crippen molar-refractivity contribution in [3.63, 3.8) is 0 Å². The Labute approximate surface area is 215 Å². The topological polar surface area (TPSA) is 125 Å². The largest absolute Gasteiger partial charge is 0.444 e. The van der Waals surface area contributed by atoms with E-state index in [1.165, 1.54) is 0 Å². The minimum absolute atomic E-state index is 0.245. The fraction of sp³-hybridized carbons (Fsp3) is 0.333. The lowest BCUT2D eigenvalue weighted by molar-refractivity contribution is 0.0139. The quantitative estimate of drug-likeness (QED) is 0.368. The predicted octanol–water partition coefficient (Wildman–Crippen LogP) is 4.40. The van der Waals surface area contributed by atoms with Crippen LogP contribution in [0, 0.1) is 0 Å². The van der Waals surface area contributed by atoms with Crippen molar-refractivity contribution < 1.29 is 9.53 Å². The fourth-order valence-electron chi connectivity index (χ4n) is 4.31. The number of piperazine rings is 1. The van der Waals surface area contributed by atoms with E-state index < -0.39 is 5.60 Å². The Morgan fingerprint density at radius 2 is 1.78 bits per heavy atom. The number of carbonyl (C=O) groups is 1. The van der Waals surface area contributed by atoms with Crippen molar-refractivity contribution in [3.8, 4) is 11.1 Å². The highest BCUT2D eigenvalue weighted by molar-refractivity contribution is 5.84. The van der Waals surface area contributed by atoms with Gasteiger partial charge in [0.05, 0.1) is 11.0 Å². The van der Waals surface area contributed by atoms with Crippen molar-refractivity contribution in [3.05, 3.63) is 60.4 Å². The SMILES string of the molecule is CC(C)(C)OC(=O)N1CCN(Cc2ccnc(Nc3nc4ccc(-c5ccnc(N)c5)cc4[nH]3)c2)CC1. The number of pyridine rings is 2. The Kier molecular flexibility index (Phi) is 6.66. The molecule has 4 N–H and O–H groups in total. The summed E-state index contributed by atoms with van der Waals surface area (Å²) >= 11 is 0. The van der Waals surface area contributed by atoms with Crippen molar-refractivity contribution >= 4 is 34.7 Å². The number of nitrogens with zero attached hydrogens (tertiary/aromatic N) is 5. The van der Waals surface area contributed by atoms with Gasteiger partial charge in [-0.1, -0.05) is 6.07 Å². The van der Waals surface area contributed by atoms with Gasteiger partial charge in [0.25, 0.3) is 0 Å². The molecule has 4 heterocycles.